The smallest absolute Gasteiger partial charge is 0.141 e. The van der Waals surface area contributed by atoms with Crippen molar-refractivity contribution in [2.75, 3.05) is 6.61 Å². The van der Waals surface area contributed by atoms with E-state index in [0.29, 0.717) is 12.0 Å². The predicted molar refractivity (Wildman–Crippen MR) is 47.6 cm³/mol. The lowest BCUT2D eigenvalue weighted by Gasteiger charge is -2.21. The number of halogens is 1. The summed E-state index contributed by atoms with van der Waals surface area (Å²) in [5.74, 6) is -0.383. The van der Waals surface area contributed by atoms with Gasteiger partial charge in [-0.1, -0.05) is 0 Å². The summed E-state index contributed by atoms with van der Waals surface area (Å²) in [5.41, 5.74) is 5.68. The number of hydrogen-bond acceptors (Lipinski definition) is 3. The lowest BCUT2D eigenvalue weighted by molar-refractivity contribution is 0.208. The van der Waals surface area contributed by atoms with Crippen LogP contribution in [0.15, 0.2) is 18.5 Å². The minimum atomic E-state index is -0.713. The van der Waals surface area contributed by atoms with E-state index in [4.69, 9.17) is 10.8 Å². The van der Waals surface area contributed by atoms with Gasteiger partial charge in [0.2, 0.25) is 0 Å². The van der Waals surface area contributed by atoms with Gasteiger partial charge in [-0.05, 0) is 25.0 Å². The molecule has 1 aromatic rings. The Balaban J connectivity index is 2.74. The second-order valence-electron chi connectivity index (χ2n) is 3.50. The van der Waals surface area contributed by atoms with Crippen LogP contribution in [0.5, 0.6) is 0 Å². The Bertz CT molecular complexity index is 289. The standard InChI is InChI=1S/C9H13FN2O/c1-9(11,6-13)3-7-2-8(10)5-12-4-7/h2,4-5,13H,3,6,11H2,1H3. The van der Waals surface area contributed by atoms with Gasteiger partial charge in [0.05, 0.1) is 12.8 Å². The largest absolute Gasteiger partial charge is 0.394 e. The van der Waals surface area contributed by atoms with E-state index >= 15 is 0 Å². The third-order valence-corrected chi connectivity index (χ3v) is 1.73. The molecule has 1 unspecified atom stereocenters. The lowest BCUT2D eigenvalue weighted by atomic mass is 9.96. The Morgan fingerprint density at radius 1 is 1.62 bits per heavy atom. The van der Waals surface area contributed by atoms with Crippen LogP contribution in [0.3, 0.4) is 0 Å². The van der Waals surface area contributed by atoms with Crippen LogP contribution in [-0.2, 0) is 6.42 Å². The van der Waals surface area contributed by atoms with Gasteiger partial charge in [0.1, 0.15) is 5.82 Å². The number of aliphatic hydroxyl groups excluding tert-OH is 1. The fourth-order valence-electron chi connectivity index (χ4n) is 1.07. The summed E-state index contributed by atoms with van der Waals surface area (Å²) in [6.07, 6.45) is 3.09. The summed E-state index contributed by atoms with van der Waals surface area (Å²) in [6, 6.07) is 1.37. The molecule has 72 valence electrons. The van der Waals surface area contributed by atoms with Crippen molar-refractivity contribution in [1.29, 1.82) is 0 Å². The monoisotopic (exact) mass is 184 g/mol. The van der Waals surface area contributed by atoms with Gasteiger partial charge < -0.3 is 10.8 Å². The van der Waals surface area contributed by atoms with Crippen LogP contribution in [0.2, 0.25) is 0 Å². The maximum atomic E-state index is 12.7. The highest BCUT2D eigenvalue weighted by Gasteiger charge is 2.17. The van der Waals surface area contributed by atoms with E-state index in [0.717, 1.165) is 6.20 Å². The highest BCUT2D eigenvalue weighted by molar-refractivity contribution is 5.13. The molecule has 1 atom stereocenters. The number of pyridine rings is 1. The van der Waals surface area contributed by atoms with Gasteiger partial charge in [-0.2, -0.15) is 0 Å². The van der Waals surface area contributed by atoms with Crippen molar-refractivity contribution >= 4 is 0 Å². The van der Waals surface area contributed by atoms with Crippen molar-refractivity contribution in [2.24, 2.45) is 5.73 Å². The van der Waals surface area contributed by atoms with Crippen molar-refractivity contribution in [2.45, 2.75) is 18.9 Å². The summed E-state index contributed by atoms with van der Waals surface area (Å²) >= 11 is 0. The van der Waals surface area contributed by atoms with E-state index in [1.54, 1.807) is 13.1 Å². The Morgan fingerprint density at radius 2 is 2.31 bits per heavy atom. The van der Waals surface area contributed by atoms with Gasteiger partial charge in [0.15, 0.2) is 0 Å². The molecule has 0 aliphatic rings. The predicted octanol–water partition coefficient (Wildman–Crippen LogP) is 0.473. The molecule has 13 heavy (non-hydrogen) atoms. The SMILES string of the molecule is CC(N)(CO)Cc1cncc(F)c1. The average Bonchev–Trinajstić information content (AvgIpc) is 2.03. The Morgan fingerprint density at radius 3 is 2.85 bits per heavy atom. The molecule has 0 radical (unpaired) electrons. The third kappa shape index (κ3) is 3.08. The minimum absolute atomic E-state index is 0.135. The number of aliphatic hydroxyl groups is 1. The molecule has 0 aromatic carbocycles. The Labute approximate surface area is 76.4 Å². The Hall–Kier alpha value is -1.00. The highest BCUT2D eigenvalue weighted by Crippen LogP contribution is 2.09. The van der Waals surface area contributed by atoms with Crippen LogP contribution < -0.4 is 5.73 Å². The molecule has 1 aromatic heterocycles. The molecule has 1 heterocycles. The molecule has 3 N–H and O–H groups in total. The second-order valence-corrected chi connectivity index (χ2v) is 3.50. The first kappa shape index (κ1) is 10.1. The zero-order valence-electron chi connectivity index (χ0n) is 7.50. The zero-order valence-corrected chi connectivity index (χ0v) is 7.50. The first-order valence-corrected chi connectivity index (χ1v) is 4.03. The average molecular weight is 184 g/mol. The molecule has 0 spiro atoms. The summed E-state index contributed by atoms with van der Waals surface area (Å²) in [4.78, 5) is 3.69. The second kappa shape index (κ2) is 3.81. The quantitative estimate of drug-likeness (QED) is 0.718. The van der Waals surface area contributed by atoms with Gasteiger partial charge in [-0.3, -0.25) is 4.98 Å². The van der Waals surface area contributed by atoms with Crippen molar-refractivity contribution in [1.82, 2.24) is 4.98 Å². The van der Waals surface area contributed by atoms with E-state index in [1.165, 1.54) is 6.07 Å². The molecular formula is C9H13FN2O. The number of aromatic nitrogens is 1. The minimum Gasteiger partial charge on any atom is -0.394 e. The van der Waals surface area contributed by atoms with Crippen LogP contribution in [0, 0.1) is 5.82 Å². The maximum Gasteiger partial charge on any atom is 0.141 e. The third-order valence-electron chi connectivity index (χ3n) is 1.73. The normalized spacial score (nSPS) is 15.4. The first-order chi connectivity index (χ1) is 6.03. The van der Waals surface area contributed by atoms with Crippen molar-refractivity contribution in [3.05, 3.63) is 29.8 Å². The van der Waals surface area contributed by atoms with Gasteiger partial charge in [0, 0.05) is 11.7 Å². The molecule has 4 heteroatoms. The van der Waals surface area contributed by atoms with Gasteiger partial charge >= 0.3 is 0 Å². The molecule has 0 aliphatic heterocycles. The summed E-state index contributed by atoms with van der Waals surface area (Å²) in [7, 11) is 0. The van der Waals surface area contributed by atoms with Crippen molar-refractivity contribution < 1.29 is 9.50 Å². The fourth-order valence-corrected chi connectivity index (χ4v) is 1.07. The van der Waals surface area contributed by atoms with Crippen molar-refractivity contribution in [3.8, 4) is 0 Å². The topological polar surface area (TPSA) is 59.1 Å². The number of hydrogen-bond donors (Lipinski definition) is 2. The van der Waals surface area contributed by atoms with E-state index in [2.05, 4.69) is 4.98 Å². The number of nitrogens with two attached hydrogens (primary N) is 1. The van der Waals surface area contributed by atoms with Gasteiger partial charge in [-0.25, -0.2) is 4.39 Å². The lowest BCUT2D eigenvalue weighted by Crippen LogP contribution is -2.42. The molecule has 0 saturated carbocycles. The van der Waals surface area contributed by atoms with Crippen LogP contribution in [0.25, 0.3) is 0 Å². The van der Waals surface area contributed by atoms with Crippen LogP contribution >= 0.6 is 0 Å². The number of rotatable bonds is 3. The molecule has 0 fully saturated rings. The van der Waals surface area contributed by atoms with E-state index in [-0.39, 0.29) is 12.4 Å². The summed E-state index contributed by atoms with van der Waals surface area (Å²) in [5, 5.41) is 8.89. The maximum absolute atomic E-state index is 12.7. The van der Waals surface area contributed by atoms with Crippen LogP contribution in [0.4, 0.5) is 4.39 Å². The van der Waals surface area contributed by atoms with Crippen LogP contribution in [-0.4, -0.2) is 22.2 Å². The highest BCUT2D eigenvalue weighted by atomic mass is 19.1. The van der Waals surface area contributed by atoms with E-state index in [1.807, 2.05) is 0 Å². The van der Waals surface area contributed by atoms with Crippen LogP contribution in [0.1, 0.15) is 12.5 Å². The van der Waals surface area contributed by atoms with E-state index < -0.39 is 5.54 Å². The fraction of sp³-hybridized carbons (Fsp3) is 0.444. The molecule has 0 aliphatic carbocycles. The molecular weight excluding hydrogens is 171 g/mol. The molecule has 3 nitrogen and oxygen atoms in total. The van der Waals surface area contributed by atoms with Gasteiger partial charge in [0.25, 0.3) is 0 Å². The molecule has 0 bridgehead atoms. The van der Waals surface area contributed by atoms with Gasteiger partial charge in [-0.15, -0.1) is 0 Å². The summed E-state index contributed by atoms with van der Waals surface area (Å²) in [6.45, 7) is 1.57. The molecule has 1 rings (SSSR count). The summed E-state index contributed by atoms with van der Waals surface area (Å²) < 4.78 is 12.7. The first-order valence-electron chi connectivity index (χ1n) is 4.03. The zero-order chi connectivity index (χ0) is 9.90. The van der Waals surface area contributed by atoms with Crippen molar-refractivity contribution in [3.63, 3.8) is 0 Å². The molecule has 0 amide bonds. The molecule has 0 saturated heterocycles. The number of nitrogens with zero attached hydrogens (tertiary/aromatic N) is 1. The Kier molecular flexibility index (Phi) is 2.95. The van der Waals surface area contributed by atoms with E-state index in [9.17, 15) is 4.39 Å².